The molecule has 0 amide bonds. The van der Waals surface area contributed by atoms with Gasteiger partial charge in [0.2, 0.25) is 0 Å². The summed E-state index contributed by atoms with van der Waals surface area (Å²) in [6.07, 6.45) is 1.18. The molecule has 0 unspecified atom stereocenters. The van der Waals surface area contributed by atoms with Gasteiger partial charge in [-0.1, -0.05) is 20.4 Å². The van der Waals surface area contributed by atoms with Crippen LogP contribution >= 0.6 is 0 Å². The Morgan fingerprint density at radius 1 is 1.54 bits per heavy atom. The Kier molecular flexibility index (Phi) is 6.90. The van der Waals surface area contributed by atoms with Crippen LogP contribution in [0.25, 0.3) is 0 Å². The number of carbonyl (C=O) groups is 1. The van der Waals surface area contributed by atoms with Crippen LogP contribution in [-0.2, 0) is 9.63 Å². The van der Waals surface area contributed by atoms with Crippen LogP contribution in [0.4, 0.5) is 0 Å². The van der Waals surface area contributed by atoms with Crippen molar-refractivity contribution in [2.45, 2.75) is 13.8 Å². The molecule has 0 bridgehead atoms. The minimum Gasteiger partial charge on any atom is -1.00 e. The average Bonchev–Trinajstić information content (AvgIpc) is 1.83. The summed E-state index contributed by atoms with van der Waals surface area (Å²) < 4.78 is 0.252. The molecule has 0 heterocycles. The van der Waals surface area contributed by atoms with Crippen molar-refractivity contribution in [3.05, 3.63) is 12.7 Å². The van der Waals surface area contributed by atoms with Crippen LogP contribution in [0.1, 0.15) is 13.8 Å². The zero-order valence-electron chi connectivity index (χ0n) is 8.71. The second-order valence-corrected chi connectivity index (χ2v) is 3.76. The fraction of sp³-hybridized carbons (Fsp3) is 0.667. The van der Waals surface area contributed by atoms with Gasteiger partial charge in [-0.2, -0.15) is 0 Å². The van der Waals surface area contributed by atoms with E-state index < -0.39 is 0 Å². The third-order valence-electron chi connectivity index (χ3n) is 1.31. The molecule has 0 aliphatic carbocycles. The Hall–Kier alpha value is -0.540. The smallest absolute Gasteiger partial charge is 0.389 e. The van der Waals surface area contributed by atoms with Crippen LogP contribution < -0.4 is 12.4 Å². The summed E-state index contributed by atoms with van der Waals surface area (Å²) in [6.45, 7) is 8.31. The number of nitrogens with zero attached hydrogens (tertiary/aromatic N) is 1. The van der Waals surface area contributed by atoms with E-state index in [1.165, 1.54) is 6.08 Å². The van der Waals surface area contributed by atoms with E-state index in [4.69, 9.17) is 4.84 Å². The summed E-state index contributed by atoms with van der Waals surface area (Å²) in [5.74, 6) is 0.123. The molecule has 4 heteroatoms. The molecule has 0 aliphatic rings. The van der Waals surface area contributed by atoms with E-state index in [1.54, 1.807) is 0 Å². The highest BCUT2D eigenvalue weighted by atomic mass is 35.5. The number of quaternary nitrogens is 1. The average molecular weight is 208 g/mol. The first-order valence-electron chi connectivity index (χ1n) is 4.06. The van der Waals surface area contributed by atoms with Crippen LogP contribution in [0.15, 0.2) is 12.7 Å². The standard InChI is InChI=1S/C9H18NO2.ClH/c1-6-9(11)12-10(4,5)7-8(2)3;/h6,8H,1,7H2,2-5H3;1H/q+1;/p-1. The van der Waals surface area contributed by atoms with Crippen LogP contribution in [-0.4, -0.2) is 31.3 Å². The Labute approximate surface area is 86.3 Å². The fourth-order valence-electron chi connectivity index (χ4n) is 1.20. The van der Waals surface area contributed by atoms with Gasteiger partial charge in [0.15, 0.2) is 0 Å². The van der Waals surface area contributed by atoms with Crippen molar-refractivity contribution in [2.24, 2.45) is 5.92 Å². The van der Waals surface area contributed by atoms with Gasteiger partial charge < -0.3 is 12.4 Å². The van der Waals surface area contributed by atoms with Crippen molar-refractivity contribution in [3.63, 3.8) is 0 Å². The van der Waals surface area contributed by atoms with Gasteiger partial charge in [-0.3, -0.25) is 4.84 Å². The number of rotatable bonds is 4. The maximum Gasteiger partial charge on any atom is 0.389 e. The van der Waals surface area contributed by atoms with Crippen molar-refractivity contribution >= 4 is 5.97 Å². The van der Waals surface area contributed by atoms with Crippen LogP contribution in [0.5, 0.6) is 0 Å². The molecule has 78 valence electrons. The SMILES string of the molecule is C=CC(=O)O[N+](C)(C)CC(C)C.[Cl-]. The van der Waals surface area contributed by atoms with Crippen molar-refractivity contribution in [1.82, 2.24) is 0 Å². The molecule has 0 saturated carbocycles. The monoisotopic (exact) mass is 207 g/mol. The maximum atomic E-state index is 10.9. The van der Waals surface area contributed by atoms with Gasteiger partial charge in [-0.15, -0.1) is 4.65 Å². The normalized spacial score (nSPS) is 10.5. The molecule has 3 nitrogen and oxygen atoms in total. The second-order valence-electron chi connectivity index (χ2n) is 3.76. The van der Waals surface area contributed by atoms with Crippen molar-refractivity contribution in [2.75, 3.05) is 20.6 Å². The topological polar surface area (TPSA) is 26.3 Å². The lowest BCUT2D eigenvalue weighted by Gasteiger charge is -2.26. The second kappa shape index (κ2) is 6.00. The molecule has 0 radical (unpaired) electrons. The Morgan fingerprint density at radius 3 is 2.31 bits per heavy atom. The van der Waals surface area contributed by atoms with E-state index in [1.807, 2.05) is 14.1 Å². The van der Waals surface area contributed by atoms with E-state index >= 15 is 0 Å². The van der Waals surface area contributed by atoms with Gasteiger partial charge in [0.1, 0.15) is 20.6 Å². The first-order valence-corrected chi connectivity index (χ1v) is 4.06. The zero-order chi connectivity index (χ0) is 9.78. The van der Waals surface area contributed by atoms with Gasteiger partial charge in [-0.05, 0) is 0 Å². The molecule has 0 aromatic rings. The molecule has 0 rings (SSSR count). The minimum absolute atomic E-state index is 0. The Bertz CT molecular complexity index is 178. The van der Waals surface area contributed by atoms with Gasteiger partial charge >= 0.3 is 5.97 Å². The van der Waals surface area contributed by atoms with Gasteiger partial charge in [0.25, 0.3) is 0 Å². The van der Waals surface area contributed by atoms with Gasteiger partial charge in [0, 0.05) is 12.0 Å². The van der Waals surface area contributed by atoms with E-state index in [2.05, 4.69) is 20.4 Å². The first kappa shape index (κ1) is 15.0. The van der Waals surface area contributed by atoms with Gasteiger partial charge in [-0.25, -0.2) is 4.79 Å². The van der Waals surface area contributed by atoms with Crippen molar-refractivity contribution in [1.29, 1.82) is 0 Å². The lowest BCUT2D eigenvalue weighted by Crippen LogP contribution is -3.00. The molecular weight excluding hydrogens is 190 g/mol. The minimum atomic E-state index is -0.374. The largest absolute Gasteiger partial charge is 1.00 e. The summed E-state index contributed by atoms with van der Waals surface area (Å²) in [6, 6.07) is 0. The molecule has 0 saturated heterocycles. The molecule has 0 spiro atoms. The van der Waals surface area contributed by atoms with E-state index in [9.17, 15) is 4.79 Å². The predicted molar refractivity (Wildman–Crippen MR) is 48.1 cm³/mol. The van der Waals surface area contributed by atoms with E-state index in [-0.39, 0.29) is 23.0 Å². The molecule has 0 N–H and O–H groups in total. The molecule has 0 atom stereocenters. The molecule has 0 aliphatic heterocycles. The van der Waals surface area contributed by atoms with Crippen LogP contribution in [0.3, 0.4) is 0 Å². The zero-order valence-corrected chi connectivity index (χ0v) is 9.47. The number of carbonyl (C=O) groups excluding carboxylic acids is 1. The van der Waals surface area contributed by atoms with E-state index in [0.717, 1.165) is 6.54 Å². The summed E-state index contributed by atoms with van der Waals surface area (Å²) in [7, 11) is 3.70. The quantitative estimate of drug-likeness (QED) is 0.314. The molecule has 13 heavy (non-hydrogen) atoms. The predicted octanol–water partition coefficient (Wildman–Crippen LogP) is -1.63. The molecule has 0 fully saturated rings. The maximum absolute atomic E-state index is 10.9. The molecule has 0 aromatic heterocycles. The molecule has 0 aromatic carbocycles. The number of halogens is 1. The number of hydroxylamine groups is 3. The third kappa shape index (κ3) is 7.81. The van der Waals surface area contributed by atoms with Crippen molar-refractivity contribution in [3.8, 4) is 0 Å². The highest BCUT2D eigenvalue weighted by molar-refractivity contribution is 5.80. The summed E-state index contributed by atoms with van der Waals surface area (Å²) in [5.41, 5.74) is 0. The summed E-state index contributed by atoms with van der Waals surface area (Å²) in [5, 5.41) is 0. The van der Waals surface area contributed by atoms with Crippen molar-refractivity contribution < 1.29 is 26.7 Å². The fourth-order valence-corrected chi connectivity index (χ4v) is 1.20. The third-order valence-corrected chi connectivity index (χ3v) is 1.31. The van der Waals surface area contributed by atoms with E-state index in [0.29, 0.717) is 5.92 Å². The highest BCUT2D eigenvalue weighted by Crippen LogP contribution is 2.05. The summed E-state index contributed by atoms with van der Waals surface area (Å²) in [4.78, 5) is 15.9. The lowest BCUT2D eigenvalue weighted by atomic mass is 10.2. The Morgan fingerprint density at radius 2 is 2.00 bits per heavy atom. The summed E-state index contributed by atoms with van der Waals surface area (Å²) >= 11 is 0. The lowest BCUT2D eigenvalue weighted by molar-refractivity contribution is -1.06. The number of hydrogen-bond acceptors (Lipinski definition) is 2. The highest BCUT2D eigenvalue weighted by Gasteiger charge is 2.21. The van der Waals surface area contributed by atoms with Crippen LogP contribution in [0, 0.1) is 5.92 Å². The van der Waals surface area contributed by atoms with Gasteiger partial charge in [0.05, 0.1) is 0 Å². The Balaban J connectivity index is 0. The number of hydrogen-bond donors (Lipinski definition) is 0. The first-order chi connectivity index (χ1) is 5.37. The van der Waals surface area contributed by atoms with Crippen LogP contribution in [0.2, 0.25) is 0 Å². The molecular formula is C9H18ClNO2.